The lowest BCUT2D eigenvalue weighted by Gasteiger charge is -2.18. The van der Waals surface area contributed by atoms with Gasteiger partial charge in [0.1, 0.15) is 0 Å². The molecule has 1 heterocycles. The number of H-pyrrole nitrogens is 1. The predicted octanol–water partition coefficient (Wildman–Crippen LogP) is 2.53. The lowest BCUT2D eigenvalue weighted by molar-refractivity contribution is -0.211. The lowest BCUT2D eigenvalue weighted by atomic mass is 10.1. The van der Waals surface area contributed by atoms with Crippen LogP contribution in [0.3, 0.4) is 0 Å². The highest BCUT2D eigenvalue weighted by molar-refractivity contribution is 5.83. The van der Waals surface area contributed by atoms with Crippen molar-refractivity contribution in [3.05, 3.63) is 36.0 Å². The van der Waals surface area contributed by atoms with Gasteiger partial charge in [-0.3, -0.25) is 4.79 Å². The summed E-state index contributed by atoms with van der Waals surface area (Å²) in [4.78, 5) is 31.5. The fourth-order valence-corrected chi connectivity index (χ4v) is 2.43. The van der Waals surface area contributed by atoms with Gasteiger partial charge in [-0.2, -0.15) is 0 Å². The van der Waals surface area contributed by atoms with E-state index in [-0.39, 0.29) is 18.7 Å². The molecule has 6 heteroatoms. The van der Waals surface area contributed by atoms with Crippen molar-refractivity contribution in [2.45, 2.75) is 39.0 Å². The van der Waals surface area contributed by atoms with Crippen molar-refractivity contribution >= 4 is 22.8 Å². The molecule has 0 bridgehead atoms. The third kappa shape index (κ3) is 4.56. The highest BCUT2D eigenvalue weighted by atomic mass is 16.7. The molecule has 2 aromatic rings. The number of benzene rings is 1. The van der Waals surface area contributed by atoms with Crippen LogP contribution in [0, 0.1) is 0 Å². The maximum absolute atomic E-state index is 11.8. The topological polar surface area (TPSA) is 82.6 Å². The molecule has 2 rings (SSSR count). The molecule has 0 unspecified atom stereocenters. The van der Waals surface area contributed by atoms with Gasteiger partial charge >= 0.3 is 5.97 Å². The number of nitrogens with one attached hydrogen (secondary N) is 1. The Morgan fingerprint density at radius 2 is 2.04 bits per heavy atom. The van der Waals surface area contributed by atoms with Crippen molar-refractivity contribution in [2.24, 2.45) is 0 Å². The number of para-hydroxylation sites is 1. The molecule has 6 nitrogen and oxygen atoms in total. The number of hydrogen-bond donors (Lipinski definition) is 2. The molecule has 0 atom stereocenters. The normalized spacial score (nSPS) is 10.7. The van der Waals surface area contributed by atoms with E-state index in [2.05, 4.69) is 4.98 Å². The molecule has 2 N–H and O–H groups in total. The van der Waals surface area contributed by atoms with Gasteiger partial charge in [-0.25, -0.2) is 4.79 Å². The van der Waals surface area contributed by atoms with E-state index in [1.54, 1.807) is 0 Å². The first-order valence-electron chi connectivity index (χ1n) is 7.82. The molecular formula is C17H22N2O4. The minimum Gasteiger partial charge on any atom is -0.373 e. The summed E-state index contributed by atoms with van der Waals surface area (Å²) in [5.74, 6) is -0.900. The Morgan fingerprint density at radius 1 is 1.26 bits per heavy atom. The van der Waals surface area contributed by atoms with E-state index in [1.807, 2.05) is 37.4 Å². The number of nitrogens with zero attached hydrogens (tertiary/aromatic N) is 1. The predicted molar refractivity (Wildman–Crippen MR) is 86.2 cm³/mol. The number of hydroxylamine groups is 2. The number of amides is 1. The fourth-order valence-electron chi connectivity index (χ4n) is 2.43. The number of aliphatic hydroxyl groups excluding tert-OH is 1. The van der Waals surface area contributed by atoms with Crippen LogP contribution in [0.4, 0.5) is 0 Å². The molecule has 0 saturated carbocycles. The van der Waals surface area contributed by atoms with Gasteiger partial charge in [0.05, 0.1) is 0 Å². The quantitative estimate of drug-likeness (QED) is 0.607. The molecule has 1 aromatic heterocycles. The Morgan fingerprint density at radius 3 is 2.78 bits per heavy atom. The van der Waals surface area contributed by atoms with Crippen LogP contribution in [0.25, 0.3) is 10.9 Å². The first kappa shape index (κ1) is 17.0. The van der Waals surface area contributed by atoms with Gasteiger partial charge in [-0.15, -0.1) is 5.06 Å². The van der Waals surface area contributed by atoms with Gasteiger partial charge in [-0.1, -0.05) is 25.1 Å². The smallest absolute Gasteiger partial charge is 0.332 e. The van der Waals surface area contributed by atoms with E-state index in [9.17, 15) is 9.59 Å². The minimum absolute atomic E-state index is 0.190. The third-order valence-corrected chi connectivity index (χ3v) is 3.58. The maximum atomic E-state index is 11.8. The third-order valence-electron chi connectivity index (χ3n) is 3.58. The Hall–Kier alpha value is -2.34. The Balaban J connectivity index is 1.81. The second-order valence-corrected chi connectivity index (χ2v) is 5.34. The summed E-state index contributed by atoms with van der Waals surface area (Å²) in [6.07, 6.45) is 4.36. The summed E-state index contributed by atoms with van der Waals surface area (Å²) in [5, 5.41) is 11.0. The first-order chi connectivity index (χ1) is 11.2. The highest BCUT2D eigenvalue weighted by Crippen LogP contribution is 2.19. The molecule has 0 saturated heterocycles. The zero-order valence-corrected chi connectivity index (χ0v) is 13.2. The van der Waals surface area contributed by atoms with Crippen LogP contribution in [0.1, 0.15) is 38.2 Å². The first-order valence-corrected chi connectivity index (χ1v) is 7.82. The molecule has 0 radical (unpaired) electrons. The summed E-state index contributed by atoms with van der Waals surface area (Å²) in [7, 11) is 0. The van der Waals surface area contributed by atoms with Crippen molar-refractivity contribution in [3.63, 3.8) is 0 Å². The van der Waals surface area contributed by atoms with E-state index >= 15 is 0 Å². The Bertz CT molecular complexity index is 665. The lowest BCUT2D eigenvalue weighted by Crippen LogP contribution is -2.34. The number of aryl methyl sites for hydroxylation is 1. The van der Waals surface area contributed by atoms with Crippen LogP contribution >= 0.6 is 0 Å². The second-order valence-electron chi connectivity index (χ2n) is 5.34. The van der Waals surface area contributed by atoms with Crippen molar-refractivity contribution in [2.75, 3.05) is 6.73 Å². The number of carbonyl (C=O) groups is 2. The highest BCUT2D eigenvalue weighted by Gasteiger charge is 2.16. The molecule has 1 aromatic carbocycles. The Kier molecular flexibility index (Phi) is 6.17. The summed E-state index contributed by atoms with van der Waals surface area (Å²) < 4.78 is 0. The van der Waals surface area contributed by atoms with Crippen molar-refractivity contribution in [1.82, 2.24) is 10.0 Å². The maximum Gasteiger partial charge on any atom is 0.332 e. The van der Waals surface area contributed by atoms with Gasteiger partial charge in [0, 0.05) is 29.9 Å². The van der Waals surface area contributed by atoms with Crippen molar-refractivity contribution < 1.29 is 19.5 Å². The number of aromatic nitrogens is 1. The van der Waals surface area contributed by atoms with Crippen LogP contribution in [0.5, 0.6) is 0 Å². The molecule has 0 fully saturated rings. The van der Waals surface area contributed by atoms with E-state index < -0.39 is 12.7 Å². The summed E-state index contributed by atoms with van der Waals surface area (Å²) in [5.41, 5.74) is 2.22. The number of aromatic amines is 1. The summed E-state index contributed by atoms with van der Waals surface area (Å²) >= 11 is 0. The fraction of sp³-hybridized carbons (Fsp3) is 0.412. The number of carbonyl (C=O) groups excluding carboxylic acids is 2. The van der Waals surface area contributed by atoms with Crippen molar-refractivity contribution in [3.8, 4) is 0 Å². The van der Waals surface area contributed by atoms with Gasteiger partial charge in [0.2, 0.25) is 0 Å². The number of aliphatic hydroxyl groups is 1. The molecule has 0 spiro atoms. The minimum atomic E-state index is -0.618. The number of fused-ring (bicyclic) bond motifs is 1. The van der Waals surface area contributed by atoms with Gasteiger partial charge < -0.3 is 14.9 Å². The average molecular weight is 318 g/mol. The van der Waals surface area contributed by atoms with Gasteiger partial charge in [-0.05, 0) is 30.9 Å². The van der Waals surface area contributed by atoms with Crippen LogP contribution in [-0.4, -0.2) is 33.8 Å². The SMILES string of the molecule is CCCC(=O)N(CO)OC(=O)CCCc1c[nH]c2ccccc12. The Labute approximate surface area is 135 Å². The van der Waals surface area contributed by atoms with Gasteiger partial charge in [0.15, 0.2) is 6.73 Å². The van der Waals surface area contributed by atoms with Crippen molar-refractivity contribution in [1.29, 1.82) is 0 Å². The summed E-state index contributed by atoms with van der Waals surface area (Å²) in [6, 6.07) is 7.99. The van der Waals surface area contributed by atoms with Crippen LogP contribution in [0.15, 0.2) is 30.5 Å². The average Bonchev–Trinajstić information content (AvgIpc) is 2.96. The standard InChI is InChI=1S/C17H22N2O4/c1-2-6-16(21)19(12-20)23-17(22)10-5-7-13-11-18-15-9-4-3-8-14(13)15/h3-4,8-9,11,18,20H,2,5-7,10,12H2,1H3. The number of rotatable bonds is 7. The monoisotopic (exact) mass is 318 g/mol. The largest absolute Gasteiger partial charge is 0.373 e. The number of hydrogen-bond acceptors (Lipinski definition) is 4. The van der Waals surface area contributed by atoms with E-state index in [0.717, 1.165) is 28.0 Å². The van der Waals surface area contributed by atoms with E-state index in [4.69, 9.17) is 9.94 Å². The van der Waals surface area contributed by atoms with Gasteiger partial charge in [0.25, 0.3) is 5.91 Å². The molecule has 23 heavy (non-hydrogen) atoms. The zero-order chi connectivity index (χ0) is 16.7. The second kappa shape index (κ2) is 8.33. The van der Waals surface area contributed by atoms with E-state index in [1.165, 1.54) is 0 Å². The zero-order valence-electron chi connectivity index (χ0n) is 13.2. The molecule has 0 aliphatic rings. The molecular weight excluding hydrogens is 296 g/mol. The molecule has 0 aliphatic carbocycles. The molecule has 0 aliphatic heterocycles. The van der Waals surface area contributed by atoms with Crippen LogP contribution in [-0.2, 0) is 20.8 Å². The van der Waals surface area contributed by atoms with Crippen LogP contribution in [0.2, 0.25) is 0 Å². The molecule has 124 valence electrons. The summed E-state index contributed by atoms with van der Waals surface area (Å²) in [6.45, 7) is 1.23. The van der Waals surface area contributed by atoms with Crippen LogP contribution < -0.4 is 0 Å². The van der Waals surface area contributed by atoms with E-state index in [0.29, 0.717) is 12.8 Å². The molecule has 1 amide bonds.